The van der Waals surface area contributed by atoms with Crippen molar-refractivity contribution >= 4 is 22.8 Å². The van der Waals surface area contributed by atoms with Gasteiger partial charge >= 0.3 is 0 Å². The molecule has 5 heteroatoms. The molecule has 0 spiro atoms. The third kappa shape index (κ3) is 2.90. The van der Waals surface area contributed by atoms with Crippen molar-refractivity contribution in [1.29, 1.82) is 0 Å². The van der Waals surface area contributed by atoms with Crippen LogP contribution in [0.4, 0.5) is 0 Å². The first kappa shape index (κ1) is 11.4. The molecule has 14 heavy (non-hydrogen) atoms. The molecule has 0 aromatic heterocycles. The predicted octanol–water partition coefficient (Wildman–Crippen LogP) is 0.592. The lowest BCUT2D eigenvalue weighted by molar-refractivity contribution is -0.121. The van der Waals surface area contributed by atoms with Crippen LogP contribution >= 0.6 is 11.8 Å². The number of thioether (sulfide) groups is 1. The van der Waals surface area contributed by atoms with Crippen molar-refractivity contribution in [3.8, 4) is 0 Å². The second-order valence-electron chi connectivity index (χ2n) is 3.27. The summed E-state index contributed by atoms with van der Waals surface area (Å²) in [6.45, 7) is 4.85. The average molecular weight is 215 g/mol. The van der Waals surface area contributed by atoms with Crippen molar-refractivity contribution in [2.24, 2.45) is 4.99 Å². The third-order valence-electron chi connectivity index (χ3n) is 2.15. The average Bonchev–Trinajstić information content (AvgIpc) is 2.64. The molecule has 1 heterocycles. The van der Waals surface area contributed by atoms with E-state index in [1.165, 1.54) is 0 Å². The molecule has 0 saturated carbocycles. The molecule has 1 aliphatic heterocycles. The topological polar surface area (TPSA) is 53.5 Å². The van der Waals surface area contributed by atoms with E-state index in [2.05, 4.69) is 22.5 Å². The van der Waals surface area contributed by atoms with Gasteiger partial charge in [-0.3, -0.25) is 9.79 Å². The molecule has 0 radical (unpaired) electrons. The second-order valence-corrected chi connectivity index (χ2v) is 4.56. The Labute approximate surface area is 88.9 Å². The van der Waals surface area contributed by atoms with Crippen LogP contribution < -0.4 is 10.6 Å². The summed E-state index contributed by atoms with van der Waals surface area (Å²) in [5.74, 6) is -0.00625. The highest BCUT2D eigenvalue weighted by molar-refractivity contribution is 8.14. The van der Waals surface area contributed by atoms with E-state index in [0.29, 0.717) is 5.25 Å². The first-order valence-electron chi connectivity index (χ1n) is 4.86. The maximum Gasteiger partial charge on any atom is 0.242 e. The van der Waals surface area contributed by atoms with E-state index in [-0.39, 0.29) is 11.9 Å². The van der Waals surface area contributed by atoms with Crippen molar-refractivity contribution in [1.82, 2.24) is 10.6 Å². The Morgan fingerprint density at radius 2 is 2.50 bits per heavy atom. The number of aliphatic imine (C=N–C) groups is 1. The number of carbonyl (C=O) groups excluding carboxylic acids is 1. The number of hydrogen-bond acceptors (Lipinski definition) is 4. The van der Waals surface area contributed by atoms with Crippen molar-refractivity contribution in [3.05, 3.63) is 0 Å². The van der Waals surface area contributed by atoms with E-state index < -0.39 is 0 Å². The van der Waals surface area contributed by atoms with E-state index in [1.54, 1.807) is 18.8 Å². The molecule has 0 aliphatic carbocycles. The minimum atomic E-state index is -0.207. The molecule has 1 rings (SSSR count). The number of carbonyl (C=O) groups is 1. The summed E-state index contributed by atoms with van der Waals surface area (Å²) < 4.78 is 0. The summed E-state index contributed by atoms with van der Waals surface area (Å²) in [6.07, 6.45) is 1.12. The van der Waals surface area contributed by atoms with Crippen molar-refractivity contribution < 1.29 is 4.79 Å². The summed E-state index contributed by atoms with van der Waals surface area (Å²) in [5, 5.41) is 7.17. The fourth-order valence-electron chi connectivity index (χ4n) is 1.18. The third-order valence-corrected chi connectivity index (χ3v) is 3.44. The molecule has 4 nitrogen and oxygen atoms in total. The monoisotopic (exact) mass is 215 g/mol. The fraction of sp³-hybridized carbons (Fsp3) is 0.778. The minimum absolute atomic E-state index is 0.00625. The van der Waals surface area contributed by atoms with Gasteiger partial charge in [0.2, 0.25) is 5.91 Å². The van der Waals surface area contributed by atoms with E-state index in [4.69, 9.17) is 0 Å². The number of likely N-dealkylation sites (N-methyl/N-ethyl adjacent to an activating group) is 1. The highest BCUT2D eigenvalue weighted by Gasteiger charge is 2.20. The number of amidine groups is 1. The molecule has 1 amide bonds. The van der Waals surface area contributed by atoms with E-state index in [0.717, 1.165) is 18.1 Å². The SMILES string of the molecule is CCC1CN=C(NC(C)C(=O)NC)S1. The molecule has 2 N–H and O–H groups in total. The van der Waals surface area contributed by atoms with Crippen molar-refractivity contribution in [2.45, 2.75) is 31.6 Å². The molecule has 80 valence electrons. The van der Waals surface area contributed by atoms with Gasteiger partial charge < -0.3 is 10.6 Å². The molecule has 1 aliphatic rings. The van der Waals surface area contributed by atoms with Gasteiger partial charge in [0, 0.05) is 12.3 Å². The molecule has 0 saturated heterocycles. The number of hydrogen-bond donors (Lipinski definition) is 2. The van der Waals surface area contributed by atoms with Crippen LogP contribution in [0.25, 0.3) is 0 Å². The maximum absolute atomic E-state index is 11.2. The summed E-state index contributed by atoms with van der Waals surface area (Å²) in [4.78, 5) is 15.5. The van der Waals surface area contributed by atoms with Crippen LogP contribution in [0, 0.1) is 0 Å². The van der Waals surface area contributed by atoms with Crippen LogP contribution in [-0.4, -0.2) is 36.0 Å². The lowest BCUT2D eigenvalue weighted by atomic mass is 10.3. The molecular formula is C9H17N3OS. The van der Waals surface area contributed by atoms with Crippen LogP contribution in [0.2, 0.25) is 0 Å². The minimum Gasteiger partial charge on any atom is -0.357 e. The van der Waals surface area contributed by atoms with Crippen LogP contribution in [0.1, 0.15) is 20.3 Å². The quantitative estimate of drug-likeness (QED) is 0.724. The molecule has 2 unspecified atom stereocenters. The van der Waals surface area contributed by atoms with E-state index in [9.17, 15) is 4.79 Å². The Balaban J connectivity index is 2.35. The first-order chi connectivity index (χ1) is 6.67. The van der Waals surface area contributed by atoms with Crippen LogP contribution in [0.3, 0.4) is 0 Å². The van der Waals surface area contributed by atoms with E-state index in [1.807, 2.05) is 6.92 Å². The zero-order valence-electron chi connectivity index (χ0n) is 8.83. The normalized spacial score (nSPS) is 22.8. The van der Waals surface area contributed by atoms with Gasteiger partial charge in [-0.15, -0.1) is 0 Å². The first-order valence-corrected chi connectivity index (χ1v) is 5.74. The summed E-state index contributed by atoms with van der Waals surface area (Å²) in [5.41, 5.74) is 0. The molecule has 0 aromatic rings. The highest BCUT2D eigenvalue weighted by Crippen LogP contribution is 2.22. The summed E-state index contributed by atoms with van der Waals surface area (Å²) in [6, 6.07) is -0.207. The number of nitrogens with one attached hydrogen (secondary N) is 2. The smallest absolute Gasteiger partial charge is 0.242 e. The van der Waals surface area contributed by atoms with Gasteiger partial charge in [-0.05, 0) is 13.3 Å². The van der Waals surface area contributed by atoms with Gasteiger partial charge in [0.25, 0.3) is 0 Å². The molecule has 2 atom stereocenters. The van der Waals surface area contributed by atoms with Gasteiger partial charge in [-0.1, -0.05) is 18.7 Å². The van der Waals surface area contributed by atoms with Gasteiger partial charge in [0.15, 0.2) is 5.17 Å². The highest BCUT2D eigenvalue weighted by atomic mass is 32.2. The largest absolute Gasteiger partial charge is 0.357 e. The van der Waals surface area contributed by atoms with Gasteiger partial charge in [0.1, 0.15) is 6.04 Å². The second kappa shape index (κ2) is 5.24. The zero-order valence-corrected chi connectivity index (χ0v) is 9.65. The molecule has 0 aromatic carbocycles. The zero-order chi connectivity index (χ0) is 10.6. The van der Waals surface area contributed by atoms with Gasteiger partial charge in [-0.25, -0.2) is 0 Å². The van der Waals surface area contributed by atoms with Crippen LogP contribution in [0.15, 0.2) is 4.99 Å². The fourth-order valence-corrected chi connectivity index (χ4v) is 2.20. The summed E-state index contributed by atoms with van der Waals surface area (Å²) >= 11 is 1.73. The van der Waals surface area contributed by atoms with E-state index >= 15 is 0 Å². The van der Waals surface area contributed by atoms with Gasteiger partial charge in [0.05, 0.1) is 6.54 Å². The maximum atomic E-state index is 11.2. The molecule has 0 bridgehead atoms. The Morgan fingerprint density at radius 3 is 3.00 bits per heavy atom. The Morgan fingerprint density at radius 1 is 1.79 bits per heavy atom. The molecular weight excluding hydrogens is 198 g/mol. The number of amides is 1. The Hall–Kier alpha value is -0.710. The van der Waals surface area contributed by atoms with Crippen LogP contribution in [0.5, 0.6) is 0 Å². The standard InChI is InChI=1S/C9H17N3OS/c1-4-7-5-11-9(14-7)12-6(2)8(13)10-3/h6-7H,4-5H2,1-3H3,(H,10,13)(H,11,12). The van der Waals surface area contributed by atoms with Gasteiger partial charge in [-0.2, -0.15) is 0 Å². The lowest BCUT2D eigenvalue weighted by Crippen LogP contribution is -2.42. The molecule has 0 fully saturated rings. The van der Waals surface area contributed by atoms with Crippen molar-refractivity contribution in [2.75, 3.05) is 13.6 Å². The number of rotatable bonds is 3. The Kier molecular flexibility index (Phi) is 4.25. The summed E-state index contributed by atoms with van der Waals surface area (Å²) in [7, 11) is 1.64. The number of nitrogens with zero attached hydrogens (tertiary/aromatic N) is 1. The van der Waals surface area contributed by atoms with Crippen molar-refractivity contribution in [3.63, 3.8) is 0 Å². The lowest BCUT2D eigenvalue weighted by Gasteiger charge is -2.13. The Bertz CT molecular complexity index is 242. The predicted molar refractivity (Wildman–Crippen MR) is 60.6 cm³/mol. The van der Waals surface area contributed by atoms with Crippen LogP contribution in [-0.2, 0) is 4.79 Å².